The van der Waals surface area contributed by atoms with Crippen LogP contribution in [0.1, 0.15) is 109 Å². The SMILES string of the molecule is CC1(C)[C@@H]2CC[C@@]1(C)[C@H](c1ccccn1)[C@@H]2P(C1CCCCC1)C1CCCCC1. The second-order valence-corrected chi connectivity index (χ2v) is 14.5. The van der Waals surface area contributed by atoms with Crippen LogP contribution in [0.5, 0.6) is 0 Å². The molecule has 0 aromatic carbocycles. The average molecular weight is 412 g/mol. The van der Waals surface area contributed by atoms with Crippen LogP contribution in [-0.2, 0) is 0 Å². The number of hydrogen-bond donors (Lipinski definition) is 0. The van der Waals surface area contributed by atoms with Crippen molar-refractivity contribution in [1.29, 1.82) is 0 Å². The summed E-state index contributed by atoms with van der Waals surface area (Å²) in [5.41, 5.74) is 5.37. The highest BCUT2D eigenvalue weighted by Crippen LogP contribution is 2.79. The monoisotopic (exact) mass is 411 g/mol. The van der Waals surface area contributed by atoms with Crippen molar-refractivity contribution in [3.8, 4) is 0 Å². The van der Waals surface area contributed by atoms with Crippen molar-refractivity contribution < 1.29 is 0 Å². The molecule has 4 fully saturated rings. The quantitative estimate of drug-likeness (QED) is 0.456. The molecule has 5 rings (SSSR count). The summed E-state index contributed by atoms with van der Waals surface area (Å²) < 4.78 is 0. The van der Waals surface area contributed by atoms with Crippen molar-refractivity contribution >= 4 is 7.92 Å². The molecule has 0 amide bonds. The van der Waals surface area contributed by atoms with Crippen molar-refractivity contribution in [2.75, 3.05) is 0 Å². The van der Waals surface area contributed by atoms with Crippen LogP contribution in [0.4, 0.5) is 0 Å². The van der Waals surface area contributed by atoms with E-state index in [0.717, 1.165) is 22.9 Å². The highest BCUT2D eigenvalue weighted by atomic mass is 31.1. The van der Waals surface area contributed by atoms with Crippen LogP contribution < -0.4 is 0 Å². The second-order valence-electron chi connectivity index (χ2n) is 11.5. The van der Waals surface area contributed by atoms with Gasteiger partial charge in [0.25, 0.3) is 0 Å². The van der Waals surface area contributed by atoms with Gasteiger partial charge in [-0.3, -0.25) is 4.98 Å². The van der Waals surface area contributed by atoms with E-state index in [1.807, 2.05) is 0 Å². The first kappa shape index (κ1) is 20.5. The van der Waals surface area contributed by atoms with E-state index in [1.165, 1.54) is 82.7 Å². The van der Waals surface area contributed by atoms with E-state index in [9.17, 15) is 0 Å². The summed E-state index contributed by atoms with van der Waals surface area (Å²) in [4.78, 5) is 5.02. The molecule has 0 N–H and O–H groups in total. The maximum Gasteiger partial charge on any atom is 0.0446 e. The van der Waals surface area contributed by atoms with Crippen LogP contribution in [0.3, 0.4) is 0 Å². The molecule has 1 aromatic heterocycles. The van der Waals surface area contributed by atoms with E-state index in [-0.39, 0.29) is 7.92 Å². The Bertz CT molecular complexity index is 670. The molecule has 4 aliphatic carbocycles. The Morgan fingerprint density at radius 1 is 0.828 bits per heavy atom. The largest absolute Gasteiger partial charge is 0.261 e. The third kappa shape index (κ3) is 3.24. The van der Waals surface area contributed by atoms with E-state index in [0.29, 0.717) is 16.7 Å². The number of nitrogens with zero attached hydrogens (tertiary/aromatic N) is 1. The minimum absolute atomic E-state index is 0.0940. The van der Waals surface area contributed by atoms with Gasteiger partial charge in [0.1, 0.15) is 0 Å². The molecule has 1 nitrogen and oxygen atoms in total. The summed E-state index contributed by atoms with van der Waals surface area (Å²) >= 11 is 0. The molecule has 0 aliphatic heterocycles. The van der Waals surface area contributed by atoms with Crippen LogP contribution in [0.2, 0.25) is 0 Å². The van der Waals surface area contributed by atoms with Crippen molar-refractivity contribution in [2.45, 2.75) is 121 Å². The number of rotatable bonds is 4. The van der Waals surface area contributed by atoms with Crippen molar-refractivity contribution in [3.05, 3.63) is 30.1 Å². The molecule has 4 saturated carbocycles. The summed E-state index contributed by atoms with van der Waals surface area (Å²) in [5, 5.41) is 0. The molecular weight excluding hydrogens is 369 g/mol. The van der Waals surface area contributed by atoms with Crippen molar-refractivity contribution in [3.63, 3.8) is 0 Å². The Labute approximate surface area is 180 Å². The van der Waals surface area contributed by atoms with Gasteiger partial charge in [-0.1, -0.05) is 73.3 Å². The molecule has 4 aliphatic rings. The van der Waals surface area contributed by atoms with E-state index < -0.39 is 0 Å². The summed E-state index contributed by atoms with van der Waals surface area (Å²) in [6, 6.07) is 6.75. The zero-order valence-electron chi connectivity index (χ0n) is 19.1. The van der Waals surface area contributed by atoms with Gasteiger partial charge in [-0.15, -0.1) is 0 Å². The lowest BCUT2D eigenvalue weighted by atomic mass is 9.66. The normalized spacial score (nSPS) is 38.0. The van der Waals surface area contributed by atoms with Gasteiger partial charge in [-0.25, -0.2) is 0 Å². The summed E-state index contributed by atoms with van der Waals surface area (Å²) in [7, 11) is 0.0940. The predicted molar refractivity (Wildman–Crippen MR) is 126 cm³/mol. The number of hydrogen-bond acceptors (Lipinski definition) is 1. The van der Waals surface area contributed by atoms with Gasteiger partial charge in [-0.2, -0.15) is 0 Å². The molecule has 0 spiro atoms. The van der Waals surface area contributed by atoms with Gasteiger partial charge < -0.3 is 0 Å². The lowest BCUT2D eigenvalue weighted by Gasteiger charge is -2.48. The highest BCUT2D eigenvalue weighted by molar-refractivity contribution is 7.60. The summed E-state index contributed by atoms with van der Waals surface area (Å²) in [5.74, 6) is 1.63. The lowest BCUT2D eigenvalue weighted by Crippen LogP contribution is -2.36. The molecule has 1 aromatic rings. The molecule has 2 bridgehead atoms. The summed E-state index contributed by atoms with van der Waals surface area (Å²) in [6.07, 6.45) is 20.1. The predicted octanol–water partition coefficient (Wildman–Crippen LogP) is 8.14. The maximum absolute atomic E-state index is 5.02. The standard InChI is InChI=1S/C27H42NP/c1-26(2)22-17-18-27(26,3)24(23-16-10-11-19-28-23)25(22)29(20-12-6-4-7-13-20)21-14-8-5-9-15-21/h10-11,16,19-22,24-25H,4-9,12-15,17-18H2,1-3H3/t22-,24-,25-,27+/m1/s1. The van der Waals surface area contributed by atoms with Gasteiger partial charge in [0, 0.05) is 17.8 Å². The zero-order chi connectivity index (χ0) is 20.1. The lowest BCUT2D eigenvalue weighted by molar-refractivity contribution is 0.133. The van der Waals surface area contributed by atoms with Crippen LogP contribution >= 0.6 is 7.92 Å². The first-order valence-electron chi connectivity index (χ1n) is 12.7. The van der Waals surface area contributed by atoms with E-state index >= 15 is 0 Å². The Hall–Kier alpha value is -0.420. The number of pyridine rings is 1. The molecule has 2 heteroatoms. The first-order chi connectivity index (χ1) is 14.0. The minimum atomic E-state index is 0.0940. The fourth-order valence-corrected chi connectivity index (χ4v) is 13.6. The van der Waals surface area contributed by atoms with E-state index in [4.69, 9.17) is 4.98 Å². The third-order valence-corrected chi connectivity index (χ3v) is 14.2. The van der Waals surface area contributed by atoms with Crippen molar-refractivity contribution in [2.24, 2.45) is 16.7 Å². The fourth-order valence-electron chi connectivity index (χ4n) is 8.31. The Kier molecular flexibility index (Phi) is 5.60. The Balaban J connectivity index is 1.59. The van der Waals surface area contributed by atoms with Gasteiger partial charge in [-0.05, 0) is 84.4 Å². The van der Waals surface area contributed by atoms with E-state index in [2.05, 4.69) is 45.2 Å². The van der Waals surface area contributed by atoms with Gasteiger partial charge in [0.15, 0.2) is 0 Å². The molecule has 160 valence electrons. The average Bonchev–Trinajstić information content (AvgIpc) is 3.08. The zero-order valence-corrected chi connectivity index (χ0v) is 20.0. The highest BCUT2D eigenvalue weighted by Gasteiger charge is 2.68. The number of aromatic nitrogens is 1. The van der Waals surface area contributed by atoms with Gasteiger partial charge >= 0.3 is 0 Å². The molecule has 0 saturated heterocycles. The topological polar surface area (TPSA) is 12.9 Å². The summed E-state index contributed by atoms with van der Waals surface area (Å²) in [6.45, 7) is 7.92. The van der Waals surface area contributed by atoms with Crippen LogP contribution in [0.15, 0.2) is 24.4 Å². The Morgan fingerprint density at radius 2 is 1.45 bits per heavy atom. The molecular formula is C27H42NP. The van der Waals surface area contributed by atoms with E-state index in [1.54, 1.807) is 0 Å². The first-order valence-corrected chi connectivity index (χ1v) is 14.3. The second kappa shape index (κ2) is 7.93. The van der Waals surface area contributed by atoms with Crippen LogP contribution in [0, 0.1) is 16.7 Å². The molecule has 29 heavy (non-hydrogen) atoms. The smallest absolute Gasteiger partial charge is 0.0446 e. The van der Waals surface area contributed by atoms with Crippen LogP contribution in [0.25, 0.3) is 0 Å². The van der Waals surface area contributed by atoms with Gasteiger partial charge in [0.2, 0.25) is 0 Å². The number of fused-ring (bicyclic) bond motifs is 2. The maximum atomic E-state index is 5.02. The minimum Gasteiger partial charge on any atom is -0.261 e. The molecule has 0 unspecified atom stereocenters. The fraction of sp³-hybridized carbons (Fsp3) is 0.815. The van der Waals surface area contributed by atoms with Crippen molar-refractivity contribution in [1.82, 2.24) is 4.98 Å². The molecule has 1 heterocycles. The molecule has 4 atom stereocenters. The third-order valence-electron chi connectivity index (χ3n) is 10.2. The van der Waals surface area contributed by atoms with Crippen LogP contribution in [-0.4, -0.2) is 22.0 Å². The van der Waals surface area contributed by atoms with Gasteiger partial charge in [0.05, 0.1) is 0 Å². The molecule has 0 radical (unpaired) electrons. The Morgan fingerprint density at radius 3 is 2.00 bits per heavy atom.